The van der Waals surface area contributed by atoms with Crippen molar-refractivity contribution in [1.82, 2.24) is 9.97 Å². The van der Waals surface area contributed by atoms with Crippen LogP contribution >= 0.6 is 11.3 Å². The van der Waals surface area contributed by atoms with E-state index in [1.165, 1.54) is 5.56 Å². The van der Waals surface area contributed by atoms with Crippen LogP contribution in [0.5, 0.6) is 5.75 Å². The van der Waals surface area contributed by atoms with Crippen molar-refractivity contribution in [3.63, 3.8) is 0 Å². The van der Waals surface area contributed by atoms with Crippen LogP contribution < -0.4 is 9.64 Å². The lowest BCUT2D eigenvalue weighted by molar-refractivity contribution is -0.125. The number of fused-ring (bicyclic) bond motifs is 1. The van der Waals surface area contributed by atoms with Crippen LogP contribution in [0.4, 0.5) is 5.69 Å². The number of hydrogen-bond donors (Lipinski definition) is 0. The number of amides is 1. The van der Waals surface area contributed by atoms with Crippen molar-refractivity contribution in [2.45, 2.75) is 32.8 Å². The van der Waals surface area contributed by atoms with Crippen molar-refractivity contribution in [3.05, 3.63) is 83.4 Å². The van der Waals surface area contributed by atoms with Crippen molar-refractivity contribution in [1.29, 1.82) is 0 Å². The molecule has 1 amide bonds. The molecule has 0 N–H and O–H groups in total. The molecular formula is C27H25N3O2S. The van der Waals surface area contributed by atoms with E-state index in [2.05, 4.69) is 24.0 Å². The zero-order chi connectivity index (χ0) is 22.8. The molecule has 33 heavy (non-hydrogen) atoms. The molecule has 3 heterocycles. The second-order valence-electron chi connectivity index (χ2n) is 8.16. The Hall–Kier alpha value is -3.51. The van der Waals surface area contributed by atoms with E-state index in [0.717, 1.165) is 51.1 Å². The van der Waals surface area contributed by atoms with Crippen molar-refractivity contribution < 1.29 is 9.53 Å². The highest BCUT2D eigenvalue weighted by Gasteiger charge is 2.31. The summed E-state index contributed by atoms with van der Waals surface area (Å²) in [4.78, 5) is 25.3. The van der Waals surface area contributed by atoms with Gasteiger partial charge < -0.3 is 9.64 Å². The minimum Gasteiger partial charge on any atom is -0.479 e. The van der Waals surface area contributed by atoms with E-state index < -0.39 is 6.10 Å². The topological polar surface area (TPSA) is 55.3 Å². The van der Waals surface area contributed by atoms with Crippen LogP contribution in [0.25, 0.3) is 22.0 Å². The van der Waals surface area contributed by atoms with Crippen LogP contribution in [0.3, 0.4) is 0 Å². The van der Waals surface area contributed by atoms with Crippen LogP contribution in [0.2, 0.25) is 0 Å². The summed E-state index contributed by atoms with van der Waals surface area (Å²) in [5, 5.41) is 0.890. The van der Waals surface area contributed by atoms with Gasteiger partial charge in [-0.25, -0.2) is 4.98 Å². The molecule has 6 heteroatoms. The van der Waals surface area contributed by atoms with E-state index in [9.17, 15) is 4.79 Å². The molecule has 0 radical (unpaired) electrons. The molecule has 0 saturated heterocycles. The van der Waals surface area contributed by atoms with Gasteiger partial charge in [-0.3, -0.25) is 9.78 Å². The summed E-state index contributed by atoms with van der Waals surface area (Å²) < 4.78 is 5.92. The molecule has 5 nitrogen and oxygen atoms in total. The molecular weight excluding hydrogens is 430 g/mol. The lowest BCUT2D eigenvalue weighted by Gasteiger charge is -2.33. The Morgan fingerprint density at radius 3 is 2.67 bits per heavy atom. The van der Waals surface area contributed by atoms with Gasteiger partial charge in [0.15, 0.2) is 6.10 Å². The predicted octanol–water partition coefficient (Wildman–Crippen LogP) is 5.93. The Morgan fingerprint density at radius 2 is 1.88 bits per heavy atom. The van der Waals surface area contributed by atoms with Crippen LogP contribution in [-0.4, -0.2) is 28.5 Å². The standard InChI is InChI=1S/C27H25N3O2S/c1-18-27(31)30(16-8-11-20-9-4-3-5-10-20)23-17-21(13-14-24(23)32-18)25-19(2)33-26(29-25)22-12-6-7-15-28-22/h3-7,9-10,12-15,17-18H,8,11,16H2,1-2H3. The summed E-state index contributed by atoms with van der Waals surface area (Å²) >= 11 is 1.63. The van der Waals surface area contributed by atoms with E-state index in [-0.39, 0.29) is 5.91 Å². The molecule has 5 rings (SSSR count). The van der Waals surface area contributed by atoms with Gasteiger partial charge in [0.25, 0.3) is 5.91 Å². The zero-order valence-electron chi connectivity index (χ0n) is 18.7. The number of benzene rings is 2. The smallest absolute Gasteiger partial charge is 0.267 e. The summed E-state index contributed by atoms with van der Waals surface area (Å²) in [5.41, 5.74) is 4.85. The number of carbonyl (C=O) groups excluding carboxylic acids is 1. The van der Waals surface area contributed by atoms with Gasteiger partial charge in [0.2, 0.25) is 0 Å². The molecule has 0 bridgehead atoms. The fraction of sp³-hybridized carbons (Fsp3) is 0.222. The van der Waals surface area contributed by atoms with Crippen LogP contribution in [0, 0.1) is 6.92 Å². The molecule has 0 aliphatic carbocycles. The summed E-state index contributed by atoms with van der Waals surface area (Å²) in [5.74, 6) is 0.736. The fourth-order valence-electron chi connectivity index (χ4n) is 4.13. The Labute approximate surface area is 197 Å². The van der Waals surface area contributed by atoms with Gasteiger partial charge in [-0.05, 0) is 62.6 Å². The lowest BCUT2D eigenvalue weighted by atomic mass is 10.1. The molecule has 0 fully saturated rings. The summed E-state index contributed by atoms with van der Waals surface area (Å²) in [7, 11) is 0. The second-order valence-corrected chi connectivity index (χ2v) is 9.36. The van der Waals surface area contributed by atoms with Crippen molar-refractivity contribution in [2.75, 3.05) is 11.4 Å². The van der Waals surface area contributed by atoms with E-state index in [1.807, 2.05) is 66.4 Å². The molecule has 1 unspecified atom stereocenters. The quantitative estimate of drug-likeness (QED) is 0.362. The largest absolute Gasteiger partial charge is 0.479 e. The van der Waals surface area contributed by atoms with E-state index in [1.54, 1.807) is 17.5 Å². The molecule has 1 aliphatic heterocycles. The summed E-state index contributed by atoms with van der Waals surface area (Å²) in [6.45, 7) is 4.53. The number of anilines is 1. The molecule has 1 aliphatic rings. The third-order valence-electron chi connectivity index (χ3n) is 5.81. The van der Waals surface area contributed by atoms with Gasteiger partial charge in [0, 0.05) is 23.2 Å². The average molecular weight is 456 g/mol. The first-order chi connectivity index (χ1) is 16.1. The molecule has 0 saturated carbocycles. The number of aryl methyl sites for hydroxylation is 2. The highest BCUT2D eigenvalue weighted by atomic mass is 32.1. The van der Waals surface area contributed by atoms with Gasteiger partial charge in [0.1, 0.15) is 10.8 Å². The zero-order valence-corrected chi connectivity index (χ0v) is 19.5. The normalized spacial score (nSPS) is 15.3. The van der Waals surface area contributed by atoms with Crippen molar-refractivity contribution in [3.8, 4) is 27.7 Å². The number of ether oxygens (including phenoxy) is 1. The molecule has 4 aromatic rings. The predicted molar refractivity (Wildman–Crippen MR) is 133 cm³/mol. The van der Waals surface area contributed by atoms with E-state index >= 15 is 0 Å². The monoisotopic (exact) mass is 455 g/mol. The Balaban J connectivity index is 1.44. The minimum atomic E-state index is -0.489. The molecule has 166 valence electrons. The van der Waals surface area contributed by atoms with Crippen molar-refractivity contribution >= 4 is 22.9 Å². The molecule has 2 aromatic carbocycles. The van der Waals surface area contributed by atoms with E-state index in [4.69, 9.17) is 9.72 Å². The van der Waals surface area contributed by atoms with Gasteiger partial charge in [0.05, 0.1) is 17.1 Å². The maximum atomic E-state index is 13.0. The number of aromatic nitrogens is 2. The number of carbonyl (C=O) groups is 1. The maximum Gasteiger partial charge on any atom is 0.267 e. The highest BCUT2D eigenvalue weighted by molar-refractivity contribution is 7.15. The summed E-state index contributed by atoms with van der Waals surface area (Å²) in [6.07, 6.45) is 3.10. The molecule has 2 aromatic heterocycles. The van der Waals surface area contributed by atoms with Gasteiger partial charge >= 0.3 is 0 Å². The van der Waals surface area contributed by atoms with Gasteiger partial charge in [-0.2, -0.15) is 0 Å². The lowest BCUT2D eigenvalue weighted by Crippen LogP contribution is -2.45. The SMILES string of the molecule is Cc1sc(-c2ccccn2)nc1-c1ccc2c(c1)N(CCCc1ccccc1)C(=O)C(C)O2. The van der Waals surface area contributed by atoms with Gasteiger partial charge in [-0.1, -0.05) is 36.4 Å². The first-order valence-corrected chi connectivity index (χ1v) is 12.0. The molecule has 0 spiro atoms. The fourth-order valence-corrected chi connectivity index (χ4v) is 5.05. The second kappa shape index (κ2) is 9.16. The average Bonchev–Trinajstić information content (AvgIpc) is 3.24. The summed E-state index contributed by atoms with van der Waals surface area (Å²) in [6, 6.07) is 22.2. The third kappa shape index (κ3) is 4.39. The minimum absolute atomic E-state index is 0.00288. The van der Waals surface area contributed by atoms with Crippen LogP contribution in [-0.2, 0) is 11.2 Å². The first kappa shape index (κ1) is 21.3. The van der Waals surface area contributed by atoms with Crippen molar-refractivity contribution in [2.24, 2.45) is 0 Å². The number of pyridine rings is 1. The third-order valence-corrected chi connectivity index (χ3v) is 6.80. The number of nitrogens with zero attached hydrogens (tertiary/aromatic N) is 3. The Morgan fingerprint density at radius 1 is 1.06 bits per heavy atom. The Kier molecular flexibility index (Phi) is 5.92. The number of thiazole rings is 1. The van der Waals surface area contributed by atoms with E-state index in [0.29, 0.717) is 6.54 Å². The number of rotatable bonds is 6. The maximum absolute atomic E-state index is 13.0. The first-order valence-electron chi connectivity index (χ1n) is 11.2. The molecule has 1 atom stereocenters. The van der Waals surface area contributed by atoms with Crippen LogP contribution in [0.15, 0.2) is 72.9 Å². The van der Waals surface area contributed by atoms with Gasteiger partial charge in [-0.15, -0.1) is 11.3 Å². The highest BCUT2D eigenvalue weighted by Crippen LogP contribution is 2.40. The Bertz CT molecular complexity index is 1270. The van der Waals surface area contributed by atoms with Crippen LogP contribution in [0.1, 0.15) is 23.8 Å². The number of hydrogen-bond acceptors (Lipinski definition) is 5.